The third kappa shape index (κ3) is 2.78. The molecule has 0 N–H and O–H groups in total. The van der Waals surface area contributed by atoms with Gasteiger partial charge in [-0.05, 0) is 12.1 Å². The van der Waals surface area contributed by atoms with Crippen molar-refractivity contribution < 1.29 is 13.2 Å². The highest BCUT2D eigenvalue weighted by Crippen LogP contribution is 2.15. The highest BCUT2D eigenvalue weighted by molar-refractivity contribution is 7.90. The van der Waals surface area contributed by atoms with E-state index in [2.05, 4.69) is 5.10 Å². The average molecular weight is 265 g/mol. The van der Waals surface area contributed by atoms with Gasteiger partial charge in [-0.25, -0.2) is 12.9 Å². The van der Waals surface area contributed by atoms with Crippen molar-refractivity contribution in [2.45, 2.75) is 0 Å². The van der Waals surface area contributed by atoms with E-state index in [0.717, 1.165) is 6.26 Å². The Bertz CT molecular complexity index is 713. The number of sulfone groups is 1. The lowest BCUT2D eigenvalue weighted by molar-refractivity contribution is 0.339. The van der Waals surface area contributed by atoms with E-state index < -0.39 is 9.84 Å². The summed E-state index contributed by atoms with van der Waals surface area (Å²) < 4.78 is 28.7. The number of hydrogen-bond donors (Lipinski definition) is 0. The largest absolute Gasteiger partial charge is 0.491 e. The molecule has 94 valence electrons. The van der Waals surface area contributed by atoms with Crippen LogP contribution in [-0.2, 0) is 9.84 Å². The Morgan fingerprint density at radius 3 is 2.94 bits per heavy atom. The fourth-order valence-electron chi connectivity index (χ4n) is 1.45. The Labute approximate surface area is 104 Å². The minimum Gasteiger partial charge on any atom is -0.491 e. The van der Waals surface area contributed by atoms with Gasteiger partial charge in [-0.3, -0.25) is 0 Å². The van der Waals surface area contributed by atoms with Gasteiger partial charge >= 0.3 is 0 Å². The highest BCUT2D eigenvalue weighted by Gasteiger charge is 2.06. The van der Waals surface area contributed by atoms with Crippen LogP contribution >= 0.6 is 0 Å². The van der Waals surface area contributed by atoms with Crippen LogP contribution in [0.3, 0.4) is 0 Å². The molecule has 0 spiro atoms. The molecule has 0 aromatic carbocycles. The molecule has 0 aliphatic heterocycles. The molecule has 0 bridgehead atoms. The van der Waals surface area contributed by atoms with Crippen LogP contribution in [0, 0.1) is 11.3 Å². The monoisotopic (exact) mass is 265 g/mol. The number of nitrogens with zero attached hydrogens (tertiary/aromatic N) is 3. The molecule has 0 amide bonds. The molecule has 0 fully saturated rings. The summed E-state index contributed by atoms with van der Waals surface area (Å²) in [5.41, 5.74) is 1.17. The minimum atomic E-state index is -3.03. The Morgan fingerprint density at radius 1 is 1.50 bits per heavy atom. The number of rotatable bonds is 4. The molecule has 2 heterocycles. The molecule has 7 heteroatoms. The molecular formula is C11H11N3O3S. The molecular weight excluding hydrogens is 254 g/mol. The zero-order valence-electron chi connectivity index (χ0n) is 9.70. The molecule has 2 aromatic heterocycles. The molecule has 0 aliphatic rings. The van der Waals surface area contributed by atoms with Gasteiger partial charge in [0, 0.05) is 6.26 Å². The first-order chi connectivity index (χ1) is 8.49. The molecule has 0 atom stereocenters. The topological polar surface area (TPSA) is 84.5 Å². The van der Waals surface area contributed by atoms with E-state index in [1.54, 1.807) is 18.3 Å². The molecule has 0 radical (unpaired) electrons. The Hall–Kier alpha value is -2.07. The van der Waals surface area contributed by atoms with E-state index in [1.807, 2.05) is 6.07 Å². The van der Waals surface area contributed by atoms with Gasteiger partial charge in [0.15, 0.2) is 9.84 Å². The van der Waals surface area contributed by atoms with Crippen LogP contribution in [-0.4, -0.2) is 36.6 Å². The maximum absolute atomic E-state index is 10.9. The number of ether oxygens (including phenoxy) is 1. The average Bonchev–Trinajstić information content (AvgIpc) is 2.69. The van der Waals surface area contributed by atoms with Gasteiger partial charge in [0.2, 0.25) is 0 Å². The first-order valence-corrected chi connectivity index (χ1v) is 7.24. The van der Waals surface area contributed by atoms with E-state index in [1.165, 1.54) is 10.7 Å². The van der Waals surface area contributed by atoms with Gasteiger partial charge in [-0.1, -0.05) is 0 Å². The van der Waals surface area contributed by atoms with Gasteiger partial charge in [-0.15, -0.1) is 0 Å². The van der Waals surface area contributed by atoms with Crippen LogP contribution in [0.1, 0.15) is 5.56 Å². The first-order valence-electron chi connectivity index (χ1n) is 5.17. The molecule has 6 nitrogen and oxygen atoms in total. The summed E-state index contributed by atoms with van der Waals surface area (Å²) >= 11 is 0. The fourth-order valence-corrected chi connectivity index (χ4v) is 1.83. The van der Waals surface area contributed by atoms with Crippen molar-refractivity contribution >= 4 is 15.4 Å². The Kier molecular flexibility index (Phi) is 3.21. The maximum Gasteiger partial charge on any atom is 0.150 e. The van der Waals surface area contributed by atoms with Crippen LogP contribution in [0.25, 0.3) is 5.52 Å². The van der Waals surface area contributed by atoms with Gasteiger partial charge in [-0.2, -0.15) is 10.4 Å². The normalized spacial score (nSPS) is 11.3. The summed E-state index contributed by atoms with van der Waals surface area (Å²) in [6.07, 6.45) is 4.24. The zero-order chi connectivity index (χ0) is 13.2. The van der Waals surface area contributed by atoms with Crippen molar-refractivity contribution in [1.29, 1.82) is 5.26 Å². The van der Waals surface area contributed by atoms with Crippen molar-refractivity contribution in [3.63, 3.8) is 0 Å². The Balaban J connectivity index is 2.14. The maximum atomic E-state index is 10.9. The molecule has 0 saturated heterocycles. The second kappa shape index (κ2) is 4.66. The zero-order valence-corrected chi connectivity index (χ0v) is 10.5. The molecule has 0 unspecified atom stereocenters. The minimum absolute atomic E-state index is 0.0341. The first kappa shape index (κ1) is 12.4. The lowest BCUT2D eigenvalue weighted by Crippen LogP contribution is -2.12. The van der Waals surface area contributed by atoms with E-state index in [9.17, 15) is 8.42 Å². The summed E-state index contributed by atoms with van der Waals surface area (Å²) in [4.78, 5) is 0. The van der Waals surface area contributed by atoms with Gasteiger partial charge in [0.25, 0.3) is 0 Å². The standard InChI is InChI=1S/C11H11N3O3S/c1-18(15,16)5-4-17-10-2-3-11-9(6-12)7-13-14(11)8-10/h2-3,7-8H,4-5H2,1H3. The number of pyridine rings is 1. The van der Waals surface area contributed by atoms with Crippen LogP contribution in [0.15, 0.2) is 24.5 Å². The van der Waals surface area contributed by atoms with E-state index in [0.29, 0.717) is 16.8 Å². The smallest absolute Gasteiger partial charge is 0.150 e. The summed E-state index contributed by atoms with van der Waals surface area (Å²) in [6, 6.07) is 5.42. The summed E-state index contributed by atoms with van der Waals surface area (Å²) in [5.74, 6) is 0.479. The van der Waals surface area contributed by atoms with Gasteiger partial charge in [0.1, 0.15) is 18.4 Å². The molecule has 18 heavy (non-hydrogen) atoms. The molecule has 0 aliphatic carbocycles. The van der Waals surface area contributed by atoms with E-state index in [-0.39, 0.29) is 12.4 Å². The van der Waals surface area contributed by atoms with Crippen LogP contribution in [0.5, 0.6) is 5.75 Å². The van der Waals surface area contributed by atoms with Crippen LogP contribution < -0.4 is 4.74 Å². The van der Waals surface area contributed by atoms with Crippen LogP contribution in [0.2, 0.25) is 0 Å². The number of hydrogen-bond acceptors (Lipinski definition) is 5. The van der Waals surface area contributed by atoms with Crippen LogP contribution in [0.4, 0.5) is 0 Å². The van der Waals surface area contributed by atoms with Crippen molar-refractivity contribution in [2.75, 3.05) is 18.6 Å². The second-order valence-corrected chi connectivity index (χ2v) is 6.10. The van der Waals surface area contributed by atoms with Crippen molar-refractivity contribution in [1.82, 2.24) is 9.61 Å². The molecule has 2 rings (SSSR count). The molecule has 0 saturated carbocycles. The number of nitriles is 1. The Morgan fingerprint density at radius 2 is 2.28 bits per heavy atom. The van der Waals surface area contributed by atoms with Crippen molar-refractivity contribution in [3.05, 3.63) is 30.1 Å². The second-order valence-electron chi connectivity index (χ2n) is 3.84. The quantitative estimate of drug-likeness (QED) is 0.809. The highest BCUT2D eigenvalue weighted by atomic mass is 32.2. The van der Waals surface area contributed by atoms with Crippen molar-refractivity contribution in [3.8, 4) is 11.8 Å². The SMILES string of the molecule is CS(=O)(=O)CCOc1ccc2c(C#N)cnn2c1. The van der Waals surface area contributed by atoms with Gasteiger partial charge in [0.05, 0.1) is 29.2 Å². The number of aromatic nitrogens is 2. The lowest BCUT2D eigenvalue weighted by Gasteiger charge is -2.05. The summed E-state index contributed by atoms with van der Waals surface area (Å²) in [6.45, 7) is 0.0940. The lowest BCUT2D eigenvalue weighted by atomic mass is 10.3. The predicted molar refractivity (Wildman–Crippen MR) is 65.1 cm³/mol. The summed E-state index contributed by atoms with van der Waals surface area (Å²) in [7, 11) is -3.03. The molecule has 2 aromatic rings. The third-order valence-corrected chi connectivity index (χ3v) is 3.24. The number of fused-ring (bicyclic) bond motifs is 1. The third-order valence-electron chi connectivity index (χ3n) is 2.33. The predicted octanol–water partition coefficient (Wildman–Crippen LogP) is 0.629. The summed E-state index contributed by atoms with van der Waals surface area (Å²) in [5, 5.41) is 12.8. The van der Waals surface area contributed by atoms with Crippen molar-refractivity contribution in [2.24, 2.45) is 0 Å². The fraction of sp³-hybridized carbons (Fsp3) is 0.273. The van der Waals surface area contributed by atoms with E-state index >= 15 is 0 Å². The van der Waals surface area contributed by atoms with E-state index in [4.69, 9.17) is 10.00 Å². The van der Waals surface area contributed by atoms with Gasteiger partial charge < -0.3 is 4.74 Å².